The average Bonchev–Trinajstić information content (AvgIpc) is 3.58. The van der Waals surface area contributed by atoms with Gasteiger partial charge in [0, 0.05) is 36.2 Å². The van der Waals surface area contributed by atoms with Gasteiger partial charge in [-0.25, -0.2) is 18.3 Å². The van der Waals surface area contributed by atoms with Crippen LogP contribution in [0.25, 0.3) is 11.1 Å². The lowest BCUT2D eigenvalue weighted by Crippen LogP contribution is -2.33. The number of cyclic esters (lactones) is 1. The van der Waals surface area contributed by atoms with Gasteiger partial charge in [-0.2, -0.15) is 0 Å². The quantitative estimate of drug-likeness (QED) is 0.523. The first-order valence-electron chi connectivity index (χ1n) is 11.7. The Morgan fingerprint density at radius 3 is 2.57 bits per heavy atom. The van der Waals surface area contributed by atoms with Crippen molar-refractivity contribution in [1.29, 1.82) is 0 Å². The van der Waals surface area contributed by atoms with Gasteiger partial charge in [-0.3, -0.25) is 9.69 Å². The topological polar surface area (TPSA) is 111 Å². The van der Waals surface area contributed by atoms with Gasteiger partial charge in [-0.05, 0) is 31.2 Å². The molecule has 10 nitrogen and oxygen atoms in total. The zero-order valence-corrected chi connectivity index (χ0v) is 20.1. The molecular formula is C25H24F2N6O4. The predicted molar refractivity (Wildman–Crippen MR) is 129 cm³/mol. The summed E-state index contributed by atoms with van der Waals surface area (Å²) >= 11 is 0. The van der Waals surface area contributed by atoms with Crippen molar-refractivity contribution in [2.24, 2.45) is 5.16 Å². The van der Waals surface area contributed by atoms with Gasteiger partial charge in [0.05, 0.1) is 36.7 Å². The monoisotopic (exact) mass is 510 g/mol. The molecule has 0 aliphatic carbocycles. The average molecular weight is 511 g/mol. The van der Waals surface area contributed by atoms with Crippen molar-refractivity contribution in [3.63, 3.8) is 0 Å². The highest BCUT2D eigenvalue weighted by molar-refractivity contribution is 6.01. The van der Waals surface area contributed by atoms with Crippen molar-refractivity contribution in [1.82, 2.24) is 20.3 Å². The van der Waals surface area contributed by atoms with Crippen LogP contribution in [0.2, 0.25) is 0 Å². The number of carbonyl (C=O) groups is 2. The number of ether oxygens (including phenoxy) is 1. The van der Waals surface area contributed by atoms with Crippen LogP contribution >= 0.6 is 0 Å². The van der Waals surface area contributed by atoms with Crippen molar-refractivity contribution in [2.75, 3.05) is 18.0 Å². The molecule has 1 unspecified atom stereocenters. The highest BCUT2D eigenvalue weighted by Gasteiger charge is 2.33. The summed E-state index contributed by atoms with van der Waals surface area (Å²) in [5.41, 5.74) is 2.34. The number of hydrogen-bond donors (Lipinski definition) is 1. The van der Waals surface area contributed by atoms with Gasteiger partial charge in [-0.15, -0.1) is 5.10 Å². The lowest BCUT2D eigenvalue weighted by Gasteiger charge is -2.15. The lowest BCUT2D eigenvalue weighted by atomic mass is 9.98. The molecule has 192 valence electrons. The highest BCUT2D eigenvalue weighted by atomic mass is 19.1. The zero-order chi connectivity index (χ0) is 26.1. The fourth-order valence-corrected chi connectivity index (χ4v) is 4.29. The SMILES string of the molecule is CC(=O)NC[C@H]1CN(c2ccc(-c3ccc(C4=NOC(Cn5cc(C)nn5)C4)cc3F)c(F)c2)C(=O)O1. The van der Waals surface area contributed by atoms with Gasteiger partial charge in [0.15, 0.2) is 6.10 Å². The van der Waals surface area contributed by atoms with Gasteiger partial charge < -0.3 is 14.9 Å². The summed E-state index contributed by atoms with van der Waals surface area (Å²) < 4.78 is 37.0. The number of aromatic nitrogens is 3. The molecule has 2 aromatic carbocycles. The van der Waals surface area contributed by atoms with E-state index in [-0.39, 0.29) is 41.9 Å². The normalized spacial score (nSPS) is 19.0. The van der Waals surface area contributed by atoms with E-state index in [1.54, 1.807) is 16.9 Å². The largest absolute Gasteiger partial charge is 0.442 e. The summed E-state index contributed by atoms with van der Waals surface area (Å²) in [6.07, 6.45) is 0.822. The molecule has 3 heterocycles. The smallest absolute Gasteiger partial charge is 0.414 e. The van der Waals surface area contributed by atoms with E-state index in [2.05, 4.69) is 20.8 Å². The van der Waals surface area contributed by atoms with Crippen LogP contribution in [-0.4, -0.2) is 58.0 Å². The van der Waals surface area contributed by atoms with E-state index in [1.165, 1.54) is 36.1 Å². The molecule has 12 heteroatoms. The summed E-state index contributed by atoms with van der Waals surface area (Å²) in [7, 11) is 0. The third-order valence-electron chi connectivity index (χ3n) is 6.09. The van der Waals surface area contributed by atoms with Crippen LogP contribution in [0.3, 0.4) is 0 Å². The Labute approximate surface area is 210 Å². The molecule has 0 spiro atoms. The first kappa shape index (κ1) is 24.3. The minimum Gasteiger partial charge on any atom is -0.442 e. The van der Waals surface area contributed by atoms with Crippen LogP contribution in [0.5, 0.6) is 0 Å². The van der Waals surface area contributed by atoms with Gasteiger partial charge >= 0.3 is 6.09 Å². The molecule has 2 amide bonds. The van der Waals surface area contributed by atoms with Crippen LogP contribution < -0.4 is 10.2 Å². The summed E-state index contributed by atoms with van der Waals surface area (Å²) in [5, 5.41) is 14.6. The molecule has 1 N–H and O–H groups in total. The third-order valence-corrected chi connectivity index (χ3v) is 6.09. The van der Waals surface area contributed by atoms with Crippen LogP contribution in [0, 0.1) is 18.6 Å². The highest BCUT2D eigenvalue weighted by Crippen LogP contribution is 2.31. The Balaban J connectivity index is 1.27. The molecule has 2 aliphatic rings. The Morgan fingerprint density at radius 2 is 1.89 bits per heavy atom. The fraction of sp³-hybridized carbons (Fsp3) is 0.320. The molecular weight excluding hydrogens is 486 g/mol. The number of hydrogen-bond acceptors (Lipinski definition) is 7. The summed E-state index contributed by atoms with van der Waals surface area (Å²) in [6.45, 7) is 3.98. The van der Waals surface area contributed by atoms with E-state index >= 15 is 8.78 Å². The minimum absolute atomic E-state index is 0.0548. The molecule has 1 aromatic heterocycles. The van der Waals surface area contributed by atoms with E-state index in [0.717, 1.165) is 11.8 Å². The zero-order valence-electron chi connectivity index (χ0n) is 20.1. The van der Waals surface area contributed by atoms with E-state index in [1.807, 2.05) is 6.92 Å². The summed E-state index contributed by atoms with van der Waals surface area (Å²) in [4.78, 5) is 30.0. The number of oxime groups is 1. The molecule has 2 aliphatic heterocycles. The first-order chi connectivity index (χ1) is 17.8. The second-order valence-corrected chi connectivity index (χ2v) is 8.96. The molecule has 5 rings (SSSR count). The number of amides is 2. The number of rotatable bonds is 7. The van der Waals surface area contributed by atoms with Crippen molar-refractivity contribution in [3.8, 4) is 11.1 Å². The van der Waals surface area contributed by atoms with Crippen molar-refractivity contribution in [3.05, 3.63) is 65.5 Å². The van der Waals surface area contributed by atoms with Crippen molar-refractivity contribution < 1.29 is 27.9 Å². The molecule has 0 bridgehead atoms. The molecule has 2 atom stereocenters. The number of carbonyl (C=O) groups excluding carboxylic acids is 2. The van der Waals surface area contributed by atoms with E-state index < -0.39 is 23.8 Å². The third kappa shape index (κ3) is 5.27. The molecule has 0 saturated carbocycles. The Bertz CT molecular complexity index is 1390. The second kappa shape index (κ2) is 9.96. The molecule has 3 aromatic rings. The number of anilines is 1. The summed E-state index contributed by atoms with van der Waals surface area (Å²) in [6, 6.07) is 8.57. The molecule has 1 saturated heterocycles. The Morgan fingerprint density at radius 1 is 1.14 bits per heavy atom. The standard InChI is InChI=1S/C25H24F2N6O4/c1-14-11-32(31-29-14)12-18-9-24(30-37-18)16-3-5-20(22(26)7-16)21-6-4-17(8-23(21)27)33-13-19(36-25(33)35)10-28-15(2)34/h3-8,11,18-19H,9-10,12-13H2,1-2H3,(H,28,34)/t18?,19-/m0/s1. The maximum absolute atomic E-state index is 15.1. The van der Waals surface area contributed by atoms with Crippen LogP contribution in [0.15, 0.2) is 47.8 Å². The Hall–Kier alpha value is -4.35. The van der Waals surface area contributed by atoms with Gasteiger partial charge in [-0.1, -0.05) is 22.5 Å². The van der Waals surface area contributed by atoms with Gasteiger partial charge in [0.2, 0.25) is 5.91 Å². The van der Waals surface area contributed by atoms with Crippen molar-refractivity contribution in [2.45, 2.75) is 39.0 Å². The minimum atomic E-state index is -0.688. The van der Waals surface area contributed by atoms with E-state index in [4.69, 9.17) is 9.57 Å². The van der Waals surface area contributed by atoms with Gasteiger partial charge in [0.25, 0.3) is 0 Å². The fourth-order valence-electron chi connectivity index (χ4n) is 4.29. The Kier molecular flexibility index (Phi) is 6.55. The van der Waals surface area contributed by atoms with Crippen LogP contribution in [0.1, 0.15) is 24.6 Å². The second-order valence-electron chi connectivity index (χ2n) is 8.96. The molecule has 37 heavy (non-hydrogen) atoms. The molecule has 1 fully saturated rings. The lowest BCUT2D eigenvalue weighted by molar-refractivity contribution is -0.119. The maximum Gasteiger partial charge on any atom is 0.414 e. The number of benzene rings is 2. The number of nitrogens with zero attached hydrogens (tertiary/aromatic N) is 5. The van der Waals surface area contributed by atoms with Crippen molar-refractivity contribution >= 4 is 23.4 Å². The first-order valence-corrected chi connectivity index (χ1v) is 11.7. The number of aryl methyl sites for hydroxylation is 1. The van der Waals surface area contributed by atoms with E-state index in [0.29, 0.717) is 24.2 Å². The molecule has 0 radical (unpaired) electrons. The van der Waals surface area contributed by atoms with Crippen LogP contribution in [-0.2, 0) is 20.9 Å². The van der Waals surface area contributed by atoms with Gasteiger partial charge in [0.1, 0.15) is 17.7 Å². The summed E-state index contributed by atoms with van der Waals surface area (Å²) in [5.74, 6) is -1.54. The predicted octanol–water partition coefficient (Wildman–Crippen LogP) is 3.19. The number of nitrogens with one attached hydrogen (secondary N) is 1. The maximum atomic E-state index is 15.1. The van der Waals surface area contributed by atoms with E-state index in [9.17, 15) is 9.59 Å². The van der Waals surface area contributed by atoms with Crippen LogP contribution in [0.4, 0.5) is 19.3 Å². The number of halogens is 2.